The molecule has 15 heavy (non-hydrogen) atoms. The number of likely N-dealkylation sites (N-methyl/N-ethyl adjacent to an activating group) is 1. The first-order valence-corrected chi connectivity index (χ1v) is 6.01. The smallest absolute Gasteiger partial charge is 0.236 e. The molecule has 0 heterocycles. The van der Waals surface area contributed by atoms with Crippen LogP contribution < -0.4 is 10.6 Å². The maximum Gasteiger partial charge on any atom is 0.236 e. The Morgan fingerprint density at radius 2 is 2.20 bits per heavy atom. The minimum Gasteiger partial charge on any atom is -0.355 e. The third kappa shape index (κ3) is 3.20. The normalized spacial score (nSPS) is 26.3. The van der Waals surface area contributed by atoms with Crippen molar-refractivity contribution in [2.45, 2.75) is 59.0 Å². The molecule has 1 amide bonds. The van der Waals surface area contributed by atoms with Crippen molar-refractivity contribution in [3.05, 3.63) is 0 Å². The van der Waals surface area contributed by atoms with Gasteiger partial charge in [-0.3, -0.25) is 4.79 Å². The summed E-state index contributed by atoms with van der Waals surface area (Å²) >= 11 is 0. The Morgan fingerprint density at radius 3 is 2.67 bits per heavy atom. The van der Waals surface area contributed by atoms with Gasteiger partial charge in [0, 0.05) is 12.6 Å². The van der Waals surface area contributed by atoms with Gasteiger partial charge >= 0.3 is 0 Å². The van der Waals surface area contributed by atoms with Gasteiger partial charge in [0.05, 0.1) is 6.04 Å². The van der Waals surface area contributed by atoms with Gasteiger partial charge < -0.3 is 10.6 Å². The summed E-state index contributed by atoms with van der Waals surface area (Å²) in [5, 5.41) is 6.29. The molecule has 0 spiro atoms. The highest BCUT2D eigenvalue weighted by Crippen LogP contribution is 2.37. The van der Waals surface area contributed by atoms with Crippen LogP contribution in [0.15, 0.2) is 0 Å². The third-order valence-corrected chi connectivity index (χ3v) is 3.45. The highest BCUT2D eigenvalue weighted by molar-refractivity contribution is 5.81. The highest BCUT2D eigenvalue weighted by Gasteiger charge is 2.35. The molecule has 0 aromatic heterocycles. The van der Waals surface area contributed by atoms with Crippen molar-refractivity contribution in [1.29, 1.82) is 0 Å². The maximum atomic E-state index is 11.6. The topological polar surface area (TPSA) is 41.1 Å². The van der Waals surface area contributed by atoms with E-state index in [4.69, 9.17) is 0 Å². The lowest BCUT2D eigenvalue weighted by atomic mass is 9.87. The molecule has 0 aromatic rings. The SMILES string of the molecule is CCNC(=O)C(C)NC1CCCC1(C)C. The minimum atomic E-state index is -0.0766. The largest absolute Gasteiger partial charge is 0.355 e. The van der Waals surface area contributed by atoms with E-state index >= 15 is 0 Å². The molecule has 2 N–H and O–H groups in total. The summed E-state index contributed by atoms with van der Waals surface area (Å²) in [5.74, 6) is 0.111. The fourth-order valence-electron chi connectivity index (χ4n) is 2.34. The van der Waals surface area contributed by atoms with Gasteiger partial charge in [-0.25, -0.2) is 0 Å². The van der Waals surface area contributed by atoms with Crippen molar-refractivity contribution in [3.63, 3.8) is 0 Å². The van der Waals surface area contributed by atoms with Gasteiger partial charge in [0.15, 0.2) is 0 Å². The average Bonchev–Trinajstić information content (AvgIpc) is 2.46. The number of amides is 1. The van der Waals surface area contributed by atoms with E-state index in [1.807, 2.05) is 13.8 Å². The second-order valence-electron chi connectivity index (χ2n) is 5.22. The molecule has 1 saturated carbocycles. The minimum absolute atomic E-state index is 0.0766. The van der Waals surface area contributed by atoms with E-state index < -0.39 is 0 Å². The molecule has 1 rings (SSSR count). The zero-order valence-electron chi connectivity index (χ0n) is 10.4. The molecule has 0 saturated heterocycles. The fourth-order valence-corrected chi connectivity index (χ4v) is 2.34. The number of carbonyl (C=O) groups excluding carboxylic acids is 1. The van der Waals surface area contributed by atoms with E-state index in [-0.39, 0.29) is 11.9 Å². The molecule has 3 heteroatoms. The standard InChI is InChI=1S/C12H24N2O/c1-5-13-11(15)9(2)14-10-7-6-8-12(10,3)4/h9-10,14H,5-8H2,1-4H3,(H,13,15). The van der Waals surface area contributed by atoms with Crippen LogP contribution in [0.4, 0.5) is 0 Å². The summed E-state index contributed by atoms with van der Waals surface area (Å²) in [6.07, 6.45) is 3.72. The summed E-state index contributed by atoms with van der Waals surface area (Å²) in [6.45, 7) is 9.16. The van der Waals surface area contributed by atoms with Gasteiger partial charge in [-0.1, -0.05) is 20.3 Å². The van der Waals surface area contributed by atoms with Gasteiger partial charge in [0.25, 0.3) is 0 Å². The van der Waals surface area contributed by atoms with E-state index in [9.17, 15) is 4.79 Å². The summed E-state index contributed by atoms with van der Waals surface area (Å²) in [5.41, 5.74) is 0.334. The molecule has 0 radical (unpaired) electrons. The molecule has 0 aromatic carbocycles. The Kier molecular flexibility index (Phi) is 4.14. The molecule has 1 aliphatic carbocycles. The Hall–Kier alpha value is -0.570. The first-order valence-electron chi connectivity index (χ1n) is 6.01. The van der Waals surface area contributed by atoms with Crippen molar-refractivity contribution in [3.8, 4) is 0 Å². The molecule has 2 atom stereocenters. The molecular formula is C12H24N2O. The quantitative estimate of drug-likeness (QED) is 0.744. The monoisotopic (exact) mass is 212 g/mol. The average molecular weight is 212 g/mol. The van der Waals surface area contributed by atoms with Gasteiger partial charge in [-0.2, -0.15) is 0 Å². The number of nitrogens with one attached hydrogen (secondary N) is 2. The van der Waals surface area contributed by atoms with Crippen molar-refractivity contribution in [2.24, 2.45) is 5.41 Å². The van der Waals surface area contributed by atoms with Crippen LogP contribution in [-0.4, -0.2) is 24.5 Å². The van der Waals surface area contributed by atoms with E-state index in [1.165, 1.54) is 19.3 Å². The van der Waals surface area contributed by atoms with Crippen LogP contribution >= 0.6 is 0 Å². The lowest BCUT2D eigenvalue weighted by molar-refractivity contribution is -0.123. The number of hydrogen-bond donors (Lipinski definition) is 2. The predicted octanol–water partition coefficient (Wildman–Crippen LogP) is 1.68. The number of rotatable bonds is 4. The Balaban J connectivity index is 2.44. The highest BCUT2D eigenvalue weighted by atomic mass is 16.2. The van der Waals surface area contributed by atoms with Gasteiger partial charge in [0.1, 0.15) is 0 Å². The Bertz CT molecular complexity index is 226. The van der Waals surface area contributed by atoms with E-state index in [2.05, 4.69) is 24.5 Å². The predicted molar refractivity (Wildman–Crippen MR) is 62.7 cm³/mol. The molecule has 3 nitrogen and oxygen atoms in total. The van der Waals surface area contributed by atoms with Crippen molar-refractivity contribution < 1.29 is 4.79 Å². The summed E-state index contributed by atoms with van der Waals surface area (Å²) in [6, 6.07) is 0.405. The second kappa shape index (κ2) is 4.97. The van der Waals surface area contributed by atoms with Gasteiger partial charge in [-0.05, 0) is 32.1 Å². The van der Waals surface area contributed by atoms with Crippen molar-refractivity contribution >= 4 is 5.91 Å². The van der Waals surface area contributed by atoms with Crippen LogP contribution in [0.5, 0.6) is 0 Å². The van der Waals surface area contributed by atoms with Crippen molar-refractivity contribution in [2.75, 3.05) is 6.54 Å². The zero-order valence-corrected chi connectivity index (χ0v) is 10.4. The Labute approximate surface area is 93.0 Å². The van der Waals surface area contributed by atoms with Gasteiger partial charge in [-0.15, -0.1) is 0 Å². The molecular weight excluding hydrogens is 188 g/mol. The lowest BCUT2D eigenvalue weighted by Gasteiger charge is -2.30. The van der Waals surface area contributed by atoms with Crippen LogP contribution in [0.1, 0.15) is 47.0 Å². The molecule has 2 unspecified atom stereocenters. The van der Waals surface area contributed by atoms with Crippen LogP contribution in [-0.2, 0) is 4.79 Å². The van der Waals surface area contributed by atoms with Crippen LogP contribution in [0.2, 0.25) is 0 Å². The first-order chi connectivity index (χ1) is 6.97. The molecule has 0 aliphatic heterocycles. The molecule has 1 fully saturated rings. The molecule has 0 bridgehead atoms. The number of carbonyl (C=O) groups is 1. The second-order valence-corrected chi connectivity index (χ2v) is 5.22. The summed E-state index contributed by atoms with van der Waals surface area (Å²) in [4.78, 5) is 11.6. The zero-order chi connectivity index (χ0) is 11.5. The summed E-state index contributed by atoms with van der Waals surface area (Å²) in [7, 11) is 0. The maximum absolute atomic E-state index is 11.6. The number of hydrogen-bond acceptors (Lipinski definition) is 2. The van der Waals surface area contributed by atoms with Crippen LogP contribution in [0, 0.1) is 5.41 Å². The Morgan fingerprint density at radius 1 is 1.53 bits per heavy atom. The van der Waals surface area contributed by atoms with E-state index in [0.29, 0.717) is 18.0 Å². The van der Waals surface area contributed by atoms with Gasteiger partial charge in [0.2, 0.25) is 5.91 Å². The third-order valence-electron chi connectivity index (χ3n) is 3.45. The summed E-state index contributed by atoms with van der Waals surface area (Å²) < 4.78 is 0. The first kappa shape index (κ1) is 12.5. The van der Waals surface area contributed by atoms with E-state index in [0.717, 1.165) is 0 Å². The van der Waals surface area contributed by atoms with Crippen LogP contribution in [0.3, 0.4) is 0 Å². The lowest BCUT2D eigenvalue weighted by Crippen LogP contribution is -2.49. The molecule has 88 valence electrons. The fraction of sp³-hybridized carbons (Fsp3) is 0.917. The van der Waals surface area contributed by atoms with Crippen molar-refractivity contribution in [1.82, 2.24) is 10.6 Å². The van der Waals surface area contributed by atoms with Crippen LogP contribution in [0.25, 0.3) is 0 Å². The van der Waals surface area contributed by atoms with E-state index in [1.54, 1.807) is 0 Å². The molecule has 1 aliphatic rings.